The lowest BCUT2D eigenvalue weighted by molar-refractivity contribution is -0.252. The summed E-state index contributed by atoms with van der Waals surface area (Å²) < 4.78 is 20.3. The second-order valence-electron chi connectivity index (χ2n) is 9.81. The van der Waals surface area contributed by atoms with Gasteiger partial charge in [-0.15, -0.1) is 0 Å². The van der Waals surface area contributed by atoms with Crippen LogP contribution in [-0.2, 0) is 0 Å². The van der Waals surface area contributed by atoms with Crippen LogP contribution in [0.2, 0.25) is 0 Å². The maximum absolute atomic E-state index is 14.7. The minimum atomic E-state index is -1.30. The van der Waals surface area contributed by atoms with Gasteiger partial charge in [0.05, 0.1) is 30.9 Å². The normalized spacial score (nSPS) is 22.5. The number of nitriles is 1. The number of piperidine rings is 1. The molecule has 2 N–H and O–H groups in total. The van der Waals surface area contributed by atoms with E-state index >= 15 is 0 Å². The van der Waals surface area contributed by atoms with Gasteiger partial charge < -0.3 is 25.3 Å². The predicted molar refractivity (Wildman–Crippen MR) is 126 cm³/mol. The Morgan fingerprint density at radius 3 is 2.56 bits per heavy atom. The fourth-order valence-corrected chi connectivity index (χ4v) is 4.88. The molecule has 34 heavy (non-hydrogen) atoms. The largest absolute Gasteiger partial charge is 0.530 e. The number of carboxylic acid groups (broad SMARTS) is 1. The summed E-state index contributed by atoms with van der Waals surface area (Å²) >= 11 is 0. The third-order valence-corrected chi connectivity index (χ3v) is 6.50. The summed E-state index contributed by atoms with van der Waals surface area (Å²) in [6, 6.07) is 6.15. The SMILES string of the molecule is CNc1nc(-c2cc(F)c(C#N)c(OC)c2)cc([N+]2(C(C)(C)C)CC(C)CC(NC(=O)[O-])C2)n1. The average molecular weight is 471 g/mol. The molecule has 1 aliphatic rings. The Morgan fingerprint density at radius 1 is 1.29 bits per heavy atom. The van der Waals surface area contributed by atoms with Crippen LogP contribution in [0.25, 0.3) is 11.3 Å². The smallest absolute Gasteiger partial charge is 0.233 e. The summed E-state index contributed by atoms with van der Waals surface area (Å²) in [5.41, 5.74) is 0.384. The molecule has 1 aliphatic heterocycles. The molecule has 3 rings (SSSR count). The van der Waals surface area contributed by atoms with Gasteiger partial charge in [-0.25, -0.2) is 9.37 Å². The number of hydrogen-bond donors (Lipinski definition) is 2. The van der Waals surface area contributed by atoms with Crippen molar-refractivity contribution in [2.45, 2.75) is 45.7 Å². The highest BCUT2D eigenvalue weighted by Gasteiger charge is 2.49. The van der Waals surface area contributed by atoms with E-state index in [4.69, 9.17) is 9.72 Å². The molecule has 10 heteroatoms. The van der Waals surface area contributed by atoms with E-state index in [2.05, 4.69) is 43.3 Å². The highest BCUT2D eigenvalue weighted by molar-refractivity contribution is 5.68. The molecule has 0 radical (unpaired) electrons. The van der Waals surface area contributed by atoms with E-state index in [-0.39, 0.29) is 28.8 Å². The number of nitrogens with one attached hydrogen (secondary N) is 2. The highest BCUT2D eigenvalue weighted by atomic mass is 19.1. The van der Waals surface area contributed by atoms with E-state index in [0.29, 0.717) is 40.5 Å². The van der Waals surface area contributed by atoms with Crippen molar-refractivity contribution in [1.82, 2.24) is 19.8 Å². The van der Waals surface area contributed by atoms with Gasteiger partial charge in [0.2, 0.25) is 11.8 Å². The molecule has 2 heterocycles. The topological polar surface area (TPSA) is 123 Å². The molecule has 1 aromatic carbocycles. The predicted octanol–water partition coefficient (Wildman–Crippen LogP) is 2.65. The van der Waals surface area contributed by atoms with Crippen LogP contribution >= 0.6 is 0 Å². The van der Waals surface area contributed by atoms with Crippen molar-refractivity contribution < 1.29 is 19.0 Å². The lowest BCUT2D eigenvalue weighted by Crippen LogP contribution is -2.71. The minimum absolute atomic E-state index is 0.119. The zero-order chi connectivity index (χ0) is 25.3. The Morgan fingerprint density at radius 2 is 2.00 bits per heavy atom. The second kappa shape index (κ2) is 9.43. The lowest BCUT2D eigenvalue weighted by Gasteiger charge is -2.53. The Bertz CT molecular complexity index is 1130. The first-order valence-electron chi connectivity index (χ1n) is 11.1. The number of aromatic nitrogens is 2. The molecule has 182 valence electrons. The van der Waals surface area contributed by atoms with Crippen molar-refractivity contribution in [3.63, 3.8) is 0 Å². The van der Waals surface area contributed by atoms with Crippen molar-refractivity contribution in [3.05, 3.63) is 29.6 Å². The molecule has 0 aliphatic carbocycles. The van der Waals surface area contributed by atoms with Gasteiger partial charge in [-0.2, -0.15) is 10.2 Å². The first kappa shape index (κ1) is 25.2. The summed E-state index contributed by atoms with van der Waals surface area (Å²) in [4.78, 5) is 20.6. The fraction of sp³-hybridized carbons (Fsp3) is 0.500. The monoisotopic (exact) mass is 470 g/mol. The number of halogens is 1. The van der Waals surface area contributed by atoms with Crippen LogP contribution in [0, 0.1) is 23.1 Å². The number of rotatable bonds is 5. The molecule has 3 atom stereocenters. The van der Waals surface area contributed by atoms with Crippen LogP contribution in [0.1, 0.15) is 39.7 Å². The van der Waals surface area contributed by atoms with Crippen molar-refractivity contribution in [2.24, 2.45) is 5.92 Å². The molecule has 0 saturated carbocycles. The minimum Gasteiger partial charge on any atom is -0.530 e. The third-order valence-electron chi connectivity index (χ3n) is 6.50. The van der Waals surface area contributed by atoms with E-state index in [1.807, 2.05) is 6.07 Å². The van der Waals surface area contributed by atoms with Crippen molar-refractivity contribution in [1.29, 1.82) is 5.26 Å². The molecule has 3 unspecified atom stereocenters. The number of methoxy groups -OCH3 is 1. The van der Waals surface area contributed by atoms with Crippen LogP contribution < -0.4 is 25.0 Å². The number of nitrogens with zero attached hydrogens (tertiary/aromatic N) is 4. The molecule has 1 amide bonds. The van der Waals surface area contributed by atoms with Crippen molar-refractivity contribution in [2.75, 3.05) is 32.6 Å². The van der Waals surface area contributed by atoms with Crippen LogP contribution in [0.3, 0.4) is 0 Å². The Kier molecular flexibility index (Phi) is 6.98. The average Bonchev–Trinajstić information content (AvgIpc) is 2.76. The number of benzene rings is 1. The van der Waals surface area contributed by atoms with Gasteiger partial charge >= 0.3 is 0 Å². The number of quaternary nitrogens is 1. The standard InChI is InChI=1S/C24H31FN6O3/c1-14-7-16(28-23(32)33)13-31(12-14,24(2,3)4)21-10-19(29-22(27-5)30-21)15-8-18(25)17(11-26)20(9-15)34-6/h8-10,14,16,28H,7,12-13H2,1-6H3,(H-,27,29,30,32,33). The zero-order valence-electron chi connectivity index (χ0n) is 20.4. The number of carbonyl (C=O) groups excluding carboxylic acids is 1. The van der Waals surface area contributed by atoms with Crippen LogP contribution in [0.5, 0.6) is 5.75 Å². The molecule has 1 aromatic heterocycles. The molecule has 0 bridgehead atoms. The number of ether oxygens (including phenoxy) is 1. The zero-order valence-corrected chi connectivity index (χ0v) is 20.4. The van der Waals surface area contributed by atoms with Crippen molar-refractivity contribution in [3.8, 4) is 23.1 Å². The second-order valence-corrected chi connectivity index (χ2v) is 9.81. The molecule has 1 saturated heterocycles. The lowest BCUT2D eigenvalue weighted by atomic mass is 9.87. The van der Waals surface area contributed by atoms with Gasteiger partial charge in [0.25, 0.3) is 0 Å². The molecule has 2 aromatic rings. The van der Waals surface area contributed by atoms with E-state index in [9.17, 15) is 19.6 Å². The Balaban J connectivity index is 2.22. The van der Waals surface area contributed by atoms with Gasteiger partial charge in [0.15, 0.2) is 0 Å². The van der Waals surface area contributed by atoms with E-state index in [1.165, 1.54) is 13.2 Å². The number of carbonyl (C=O) groups is 1. The van der Waals surface area contributed by atoms with Gasteiger partial charge in [-0.1, -0.05) is 6.92 Å². The van der Waals surface area contributed by atoms with Gasteiger partial charge in [-0.05, 0) is 39.3 Å². The summed E-state index contributed by atoms with van der Waals surface area (Å²) in [7, 11) is 3.08. The van der Waals surface area contributed by atoms with E-state index in [1.54, 1.807) is 19.2 Å². The van der Waals surface area contributed by atoms with Crippen LogP contribution in [0.15, 0.2) is 18.2 Å². The number of likely N-dealkylation sites (tertiary alicyclic amines) is 1. The van der Waals surface area contributed by atoms with Gasteiger partial charge in [0, 0.05) is 24.6 Å². The fourth-order valence-electron chi connectivity index (χ4n) is 4.88. The summed E-state index contributed by atoms with van der Waals surface area (Å²) in [5.74, 6) is 0.650. The molecule has 0 spiro atoms. The highest BCUT2D eigenvalue weighted by Crippen LogP contribution is 2.40. The molecule has 9 nitrogen and oxygen atoms in total. The molecular formula is C24H31FN6O3. The number of amides is 1. The summed E-state index contributed by atoms with van der Waals surface area (Å²) in [5, 5.41) is 26.1. The Hall–Kier alpha value is -3.45. The first-order chi connectivity index (χ1) is 15.9. The number of hydrogen-bond acceptors (Lipinski definition) is 7. The van der Waals surface area contributed by atoms with Crippen LogP contribution in [-0.4, -0.2) is 54.9 Å². The van der Waals surface area contributed by atoms with Crippen molar-refractivity contribution >= 4 is 17.9 Å². The first-order valence-corrected chi connectivity index (χ1v) is 11.1. The third kappa shape index (κ3) is 4.75. The molecule has 1 fully saturated rings. The van der Waals surface area contributed by atoms with Gasteiger partial charge in [0.1, 0.15) is 35.8 Å². The summed E-state index contributed by atoms with van der Waals surface area (Å²) in [6.45, 7) is 9.57. The maximum Gasteiger partial charge on any atom is 0.233 e. The van der Waals surface area contributed by atoms with Crippen LogP contribution in [0.4, 0.5) is 21.0 Å². The summed E-state index contributed by atoms with van der Waals surface area (Å²) in [6.07, 6.45) is -0.607. The number of anilines is 1. The maximum atomic E-state index is 14.7. The quantitative estimate of drug-likeness (QED) is 0.644. The Labute approximate surface area is 199 Å². The molecular weight excluding hydrogens is 439 g/mol. The van der Waals surface area contributed by atoms with E-state index < -0.39 is 11.9 Å². The van der Waals surface area contributed by atoms with E-state index in [0.717, 1.165) is 6.54 Å². The van der Waals surface area contributed by atoms with Gasteiger partial charge in [-0.3, -0.25) is 4.48 Å².